The van der Waals surface area contributed by atoms with E-state index in [0.29, 0.717) is 6.04 Å². The van der Waals surface area contributed by atoms with Crippen LogP contribution < -0.4 is 5.73 Å². The molecule has 2 heteroatoms. The van der Waals surface area contributed by atoms with Gasteiger partial charge in [-0.2, -0.15) is 0 Å². The first-order chi connectivity index (χ1) is 5.20. The SMILES string of the molecule is CC.C[C@H](N)[C@@H]1CCN(C)C1. The number of hydrogen-bond donors (Lipinski definition) is 1. The van der Waals surface area contributed by atoms with E-state index in [9.17, 15) is 0 Å². The quantitative estimate of drug-likeness (QED) is 0.623. The predicted molar refractivity (Wildman–Crippen MR) is 50.6 cm³/mol. The first-order valence-corrected chi connectivity index (χ1v) is 4.64. The van der Waals surface area contributed by atoms with E-state index in [1.165, 1.54) is 19.5 Å². The molecule has 0 aromatic carbocycles. The van der Waals surface area contributed by atoms with Crippen molar-refractivity contribution in [1.82, 2.24) is 4.90 Å². The molecule has 0 spiro atoms. The monoisotopic (exact) mass is 158 g/mol. The fraction of sp³-hybridized carbons (Fsp3) is 1.00. The highest BCUT2D eigenvalue weighted by Gasteiger charge is 2.21. The highest BCUT2D eigenvalue weighted by molar-refractivity contribution is 4.78. The molecule has 0 bridgehead atoms. The molecule has 1 aliphatic heterocycles. The normalized spacial score (nSPS) is 27.5. The van der Waals surface area contributed by atoms with Gasteiger partial charge in [-0.05, 0) is 32.9 Å². The van der Waals surface area contributed by atoms with Crippen molar-refractivity contribution in [3.63, 3.8) is 0 Å². The Bertz CT molecular complexity index is 91.6. The minimum absolute atomic E-state index is 0.384. The van der Waals surface area contributed by atoms with Crippen LogP contribution in [0.15, 0.2) is 0 Å². The van der Waals surface area contributed by atoms with Crippen LogP contribution in [0.3, 0.4) is 0 Å². The summed E-state index contributed by atoms with van der Waals surface area (Å²) >= 11 is 0. The smallest absolute Gasteiger partial charge is 0.00514 e. The molecule has 0 saturated carbocycles. The molecule has 2 atom stereocenters. The summed E-state index contributed by atoms with van der Waals surface area (Å²) < 4.78 is 0. The first kappa shape index (κ1) is 10.9. The van der Waals surface area contributed by atoms with Crippen LogP contribution in [0.2, 0.25) is 0 Å². The van der Waals surface area contributed by atoms with Gasteiger partial charge in [-0.1, -0.05) is 13.8 Å². The van der Waals surface area contributed by atoms with Crippen LogP contribution in [0, 0.1) is 5.92 Å². The Labute approximate surface area is 70.8 Å². The molecular formula is C9H22N2. The second kappa shape index (κ2) is 5.56. The Morgan fingerprint density at radius 1 is 1.45 bits per heavy atom. The van der Waals surface area contributed by atoms with E-state index in [4.69, 9.17) is 5.73 Å². The van der Waals surface area contributed by atoms with Crippen LogP contribution in [0.1, 0.15) is 27.2 Å². The number of rotatable bonds is 1. The Hall–Kier alpha value is -0.0800. The van der Waals surface area contributed by atoms with Gasteiger partial charge in [-0.25, -0.2) is 0 Å². The average Bonchev–Trinajstić information content (AvgIpc) is 2.40. The average molecular weight is 158 g/mol. The molecule has 0 aliphatic carbocycles. The van der Waals surface area contributed by atoms with E-state index in [1.54, 1.807) is 0 Å². The third kappa shape index (κ3) is 3.73. The summed E-state index contributed by atoms with van der Waals surface area (Å²) in [6, 6.07) is 0.384. The standard InChI is InChI=1S/C7H16N2.C2H6/c1-6(8)7-3-4-9(2)5-7;1-2/h6-7H,3-5,8H2,1-2H3;1-2H3/t6-,7+;/m0./s1. The molecule has 0 unspecified atom stereocenters. The number of hydrogen-bond acceptors (Lipinski definition) is 2. The van der Waals surface area contributed by atoms with Crippen molar-refractivity contribution in [2.75, 3.05) is 20.1 Å². The zero-order chi connectivity index (χ0) is 8.85. The highest BCUT2D eigenvalue weighted by Crippen LogP contribution is 2.15. The van der Waals surface area contributed by atoms with Gasteiger partial charge in [0.2, 0.25) is 0 Å². The van der Waals surface area contributed by atoms with Crippen LogP contribution in [-0.2, 0) is 0 Å². The molecule has 0 aromatic heterocycles. The van der Waals surface area contributed by atoms with Gasteiger partial charge in [-0.15, -0.1) is 0 Å². The predicted octanol–water partition coefficient (Wildman–Crippen LogP) is 1.31. The van der Waals surface area contributed by atoms with Crippen molar-refractivity contribution in [2.45, 2.75) is 33.2 Å². The van der Waals surface area contributed by atoms with Crippen LogP contribution in [0.4, 0.5) is 0 Å². The fourth-order valence-corrected chi connectivity index (χ4v) is 1.40. The van der Waals surface area contributed by atoms with E-state index >= 15 is 0 Å². The molecule has 1 saturated heterocycles. The fourth-order valence-electron chi connectivity index (χ4n) is 1.40. The van der Waals surface area contributed by atoms with Gasteiger partial charge >= 0.3 is 0 Å². The molecule has 68 valence electrons. The van der Waals surface area contributed by atoms with Crippen LogP contribution in [0.5, 0.6) is 0 Å². The Morgan fingerprint density at radius 3 is 2.18 bits per heavy atom. The van der Waals surface area contributed by atoms with Crippen molar-refractivity contribution in [3.05, 3.63) is 0 Å². The molecule has 0 aromatic rings. The Morgan fingerprint density at radius 2 is 2.00 bits per heavy atom. The third-order valence-corrected chi connectivity index (χ3v) is 2.17. The maximum atomic E-state index is 5.73. The van der Waals surface area contributed by atoms with Gasteiger partial charge in [0.25, 0.3) is 0 Å². The van der Waals surface area contributed by atoms with Crippen molar-refractivity contribution < 1.29 is 0 Å². The van der Waals surface area contributed by atoms with Gasteiger partial charge < -0.3 is 10.6 Å². The minimum Gasteiger partial charge on any atom is -0.328 e. The van der Waals surface area contributed by atoms with Crippen molar-refractivity contribution in [2.24, 2.45) is 11.7 Å². The zero-order valence-corrected chi connectivity index (χ0v) is 8.30. The summed E-state index contributed by atoms with van der Waals surface area (Å²) in [4.78, 5) is 2.34. The van der Waals surface area contributed by atoms with E-state index in [1.807, 2.05) is 13.8 Å². The maximum Gasteiger partial charge on any atom is 0.00514 e. The van der Waals surface area contributed by atoms with E-state index in [2.05, 4.69) is 18.9 Å². The lowest BCUT2D eigenvalue weighted by molar-refractivity contribution is 0.377. The van der Waals surface area contributed by atoms with Crippen LogP contribution >= 0.6 is 0 Å². The Balaban J connectivity index is 0.000000461. The molecule has 0 amide bonds. The summed E-state index contributed by atoms with van der Waals surface area (Å²) in [6.07, 6.45) is 1.29. The first-order valence-electron chi connectivity index (χ1n) is 4.64. The van der Waals surface area contributed by atoms with Gasteiger partial charge in [0.05, 0.1) is 0 Å². The van der Waals surface area contributed by atoms with Gasteiger partial charge in [0.15, 0.2) is 0 Å². The molecule has 0 radical (unpaired) electrons. The molecule has 2 N–H and O–H groups in total. The molecule has 1 rings (SSSR count). The van der Waals surface area contributed by atoms with Gasteiger partial charge in [0, 0.05) is 12.6 Å². The topological polar surface area (TPSA) is 29.3 Å². The molecule has 1 aliphatic rings. The number of nitrogens with two attached hydrogens (primary N) is 1. The second-order valence-electron chi connectivity index (χ2n) is 3.17. The summed E-state index contributed by atoms with van der Waals surface area (Å²) in [5, 5.41) is 0. The Kier molecular flexibility index (Phi) is 5.51. The molecule has 2 nitrogen and oxygen atoms in total. The van der Waals surface area contributed by atoms with Crippen molar-refractivity contribution >= 4 is 0 Å². The summed E-state index contributed by atoms with van der Waals surface area (Å²) in [7, 11) is 2.16. The van der Waals surface area contributed by atoms with Crippen LogP contribution in [0.25, 0.3) is 0 Å². The maximum absolute atomic E-state index is 5.73. The van der Waals surface area contributed by atoms with Crippen LogP contribution in [-0.4, -0.2) is 31.1 Å². The minimum atomic E-state index is 0.384. The lowest BCUT2D eigenvalue weighted by atomic mass is 10.0. The highest BCUT2D eigenvalue weighted by atomic mass is 15.1. The molecule has 1 heterocycles. The number of nitrogens with zero attached hydrogens (tertiary/aromatic N) is 1. The summed E-state index contributed by atoms with van der Waals surface area (Å²) in [5.74, 6) is 0.745. The molecule has 11 heavy (non-hydrogen) atoms. The second-order valence-corrected chi connectivity index (χ2v) is 3.17. The zero-order valence-electron chi connectivity index (χ0n) is 8.30. The van der Waals surface area contributed by atoms with E-state index in [0.717, 1.165) is 5.92 Å². The van der Waals surface area contributed by atoms with E-state index < -0.39 is 0 Å². The third-order valence-electron chi connectivity index (χ3n) is 2.17. The van der Waals surface area contributed by atoms with Gasteiger partial charge in [0.1, 0.15) is 0 Å². The van der Waals surface area contributed by atoms with Crippen molar-refractivity contribution in [1.29, 1.82) is 0 Å². The summed E-state index contributed by atoms with van der Waals surface area (Å²) in [5.41, 5.74) is 5.73. The molecular weight excluding hydrogens is 136 g/mol. The van der Waals surface area contributed by atoms with Gasteiger partial charge in [-0.3, -0.25) is 0 Å². The molecule has 1 fully saturated rings. The number of likely N-dealkylation sites (tertiary alicyclic amines) is 1. The lowest BCUT2D eigenvalue weighted by Gasteiger charge is -2.13. The summed E-state index contributed by atoms with van der Waals surface area (Å²) in [6.45, 7) is 8.52. The van der Waals surface area contributed by atoms with E-state index in [-0.39, 0.29) is 0 Å². The lowest BCUT2D eigenvalue weighted by Crippen LogP contribution is -2.28. The van der Waals surface area contributed by atoms with Crippen molar-refractivity contribution in [3.8, 4) is 0 Å². The largest absolute Gasteiger partial charge is 0.328 e.